The summed E-state index contributed by atoms with van der Waals surface area (Å²) in [6.45, 7) is 4.34. The third-order valence-corrected chi connectivity index (χ3v) is 3.08. The van der Waals surface area contributed by atoms with E-state index in [2.05, 4.69) is 17.1 Å². The summed E-state index contributed by atoms with van der Waals surface area (Å²) < 4.78 is 5.32. The molecule has 94 valence electrons. The quantitative estimate of drug-likeness (QED) is 0.816. The van der Waals surface area contributed by atoms with Crippen LogP contribution in [0.3, 0.4) is 0 Å². The van der Waals surface area contributed by atoms with E-state index in [1.54, 1.807) is 6.26 Å². The van der Waals surface area contributed by atoms with E-state index in [4.69, 9.17) is 9.52 Å². The van der Waals surface area contributed by atoms with Crippen LogP contribution in [-0.2, 0) is 11.3 Å². The third-order valence-electron chi connectivity index (χ3n) is 3.08. The number of nitrogens with zero attached hydrogens (tertiary/aromatic N) is 1. The highest BCUT2D eigenvalue weighted by molar-refractivity contribution is 5.67. The molecule has 0 saturated carbocycles. The number of hydrogen-bond acceptors (Lipinski definition) is 4. The van der Waals surface area contributed by atoms with Gasteiger partial charge in [0.2, 0.25) is 0 Å². The smallest absolute Gasteiger partial charge is 0.304 e. The minimum Gasteiger partial charge on any atom is -0.481 e. The largest absolute Gasteiger partial charge is 0.481 e. The fourth-order valence-corrected chi connectivity index (χ4v) is 2.23. The predicted octanol–water partition coefficient (Wildman–Crippen LogP) is 0.917. The SMILES string of the molecule is CC1CN(Cc2ccco2)C(CC(=O)O)CN1. The molecule has 5 heteroatoms. The first-order chi connectivity index (χ1) is 8.15. The molecule has 1 aliphatic heterocycles. The minimum absolute atomic E-state index is 0.0359. The molecule has 17 heavy (non-hydrogen) atoms. The van der Waals surface area contributed by atoms with Crippen LogP contribution in [0.25, 0.3) is 0 Å². The molecular weight excluding hydrogens is 220 g/mol. The molecule has 2 atom stereocenters. The van der Waals surface area contributed by atoms with E-state index in [1.807, 2.05) is 12.1 Å². The van der Waals surface area contributed by atoms with E-state index in [9.17, 15) is 4.79 Å². The number of furan rings is 1. The van der Waals surface area contributed by atoms with E-state index in [0.29, 0.717) is 19.1 Å². The van der Waals surface area contributed by atoms with Gasteiger partial charge in [-0.2, -0.15) is 0 Å². The van der Waals surface area contributed by atoms with Gasteiger partial charge in [0.1, 0.15) is 5.76 Å². The van der Waals surface area contributed by atoms with Crippen molar-refractivity contribution in [3.05, 3.63) is 24.2 Å². The average molecular weight is 238 g/mol. The van der Waals surface area contributed by atoms with Crippen LogP contribution in [0, 0.1) is 0 Å². The van der Waals surface area contributed by atoms with Gasteiger partial charge in [-0.25, -0.2) is 0 Å². The zero-order valence-electron chi connectivity index (χ0n) is 9.93. The van der Waals surface area contributed by atoms with Crippen LogP contribution in [0.15, 0.2) is 22.8 Å². The van der Waals surface area contributed by atoms with Crippen molar-refractivity contribution < 1.29 is 14.3 Å². The van der Waals surface area contributed by atoms with Gasteiger partial charge in [-0.05, 0) is 19.1 Å². The Morgan fingerprint density at radius 3 is 3.18 bits per heavy atom. The van der Waals surface area contributed by atoms with Crippen LogP contribution < -0.4 is 5.32 Å². The molecular formula is C12H18N2O3. The molecule has 0 bridgehead atoms. The Labute approximate surface area is 100 Å². The van der Waals surface area contributed by atoms with E-state index in [1.165, 1.54) is 0 Å². The molecule has 0 radical (unpaired) electrons. The first-order valence-corrected chi connectivity index (χ1v) is 5.86. The molecule has 0 spiro atoms. The van der Waals surface area contributed by atoms with Crippen molar-refractivity contribution in [2.24, 2.45) is 0 Å². The van der Waals surface area contributed by atoms with Gasteiger partial charge in [-0.15, -0.1) is 0 Å². The summed E-state index contributed by atoms with van der Waals surface area (Å²) >= 11 is 0. The van der Waals surface area contributed by atoms with Crippen LogP contribution >= 0.6 is 0 Å². The van der Waals surface area contributed by atoms with Crippen molar-refractivity contribution >= 4 is 5.97 Å². The number of carboxylic acid groups (broad SMARTS) is 1. The maximum atomic E-state index is 10.8. The molecule has 1 aromatic rings. The normalized spacial score (nSPS) is 25.9. The Morgan fingerprint density at radius 1 is 1.71 bits per heavy atom. The third kappa shape index (κ3) is 3.31. The van der Waals surface area contributed by atoms with E-state index < -0.39 is 5.97 Å². The highest BCUT2D eigenvalue weighted by atomic mass is 16.4. The summed E-state index contributed by atoms with van der Waals surface area (Å²) in [4.78, 5) is 13.0. The monoisotopic (exact) mass is 238 g/mol. The van der Waals surface area contributed by atoms with E-state index in [-0.39, 0.29) is 12.5 Å². The first-order valence-electron chi connectivity index (χ1n) is 5.86. The number of carboxylic acids is 1. The van der Waals surface area contributed by atoms with Crippen LogP contribution in [0.4, 0.5) is 0 Å². The van der Waals surface area contributed by atoms with E-state index in [0.717, 1.165) is 12.3 Å². The summed E-state index contributed by atoms with van der Waals surface area (Å²) in [5, 5.41) is 12.2. The van der Waals surface area contributed by atoms with Gasteiger partial charge < -0.3 is 14.8 Å². The molecule has 2 N–H and O–H groups in total. The number of rotatable bonds is 4. The van der Waals surface area contributed by atoms with Gasteiger partial charge in [0, 0.05) is 25.2 Å². The van der Waals surface area contributed by atoms with Crippen molar-refractivity contribution in [2.75, 3.05) is 13.1 Å². The lowest BCUT2D eigenvalue weighted by Gasteiger charge is -2.38. The molecule has 2 rings (SSSR count). The molecule has 5 nitrogen and oxygen atoms in total. The molecule has 0 aromatic carbocycles. The Bertz CT molecular complexity index is 364. The second kappa shape index (κ2) is 5.33. The van der Waals surface area contributed by atoms with Gasteiger partial charge in [0.15, 0.2) is 0 Å². The highest BCUT2D eigenvalue weighted by Crippen LogP contribution is 2.15. The number of nitrogens with one attached hydrogen (secondary N) is 1. The zero-order valence-corrected chi connectivity index (χ0v) is 9.93. The molecule has 2 heterocycles. The van der Waals surface area contributed by atoms with Crippen molar-refractivity contribution in [2.45, 2.75) is 32.0 Å². The first kappa shape index (κ1) is 12.1. The Morgan fingerprint density at radius 2 is 2.53 bits per heavy atom. The lowest BCUT2D eigenvalue weighted by Crippen LogP contribution is -2.55. The Hall–Kier alpha value is -1.33. The molecule has 1 aromatic heterocycles. The molecule has 0 aliphatic carbocycles. The van der Waals surface area contributed by atoms with Gasteiger partial charge in [0.05, 0.1) is 19.2 Å². The van der Waals surface area contributed by atoms with Crippen LogP contribution in [-0.4, -0.2) is 41.1 Å². The predicted molar refractivity (Wildman–Crippen MR) is 62.6 cm³/mol. The fourth-order valence-electron chi connectivity index (χ4n) is 2.23. The number of carbonyl (C=O) groups is 1. The fraction of sp³-hybridized carbons (Fsp3) is 0.583. The van der Waals surface area contributed by atoms with Crippen molar-refractivity contribution in [3.8, 4) is 0 Å². The maximum absolute atomic E-state index is 10.8. The van der Waals surface area contributed by atoms with Gasteiger partial charge in [-0.1, -0.05) is 0 Å². The van der Waals surface area contributed by atoms with Gasteiger partial charge in [-0.3, -0.25) is 9.69 Å². The standard InChI is InChI=1S/C12H18N2O3/c1-9-7-14(8-11-3-2-4-17-11)10(6-13-9)5-12(15)16/h2-4,9-10,13H,5-8H2,1H3,(H,15,16). The molecule has 1 aliphatic rings. The summed E-state index contributed by atoms with van der Waals surface area (Å²) in [5.74, 6) is 0.130. The van der Waals surface area contributed by atoms with Gasteiger partial charge in [0.25, 0.3) is 0 Å². The lowest BCUT2D eigenvalue weighted by atomic mass is 10.1. The topological polar surface area (TPSA) is 65.7 Å². The van der Waals surface area contributed by atoms with Crippen LogP contribution in [0.5, 0.6) is 0 Å². The maximum Gasteiger partial charge on any atom is 0.304 e. The second-order valence-electron chi connectivity index (χ2n) is 4.57. The summed E-state index contributed by atoms with van der Waals surface area (Å²) in [5.41, 5.74) is 0. The molecule has 1 fully saturated rings. The molecule has 2 unspecified atom stereocenters. The Kier molecular flexibility index (Phi) is 3.81. The summed E-state index contributed by atoms with van der Waals surface area (Å²) in [6, 6.07) is 4.20. The summed E-state index contributed by atoms with van der Waals surface area (Å²) in [7, 11) is 0. The average Bonchev–Trinajstić information content (AvgIpc) is 2.74. The molecule has 1 saturated heterocycles. The van der Waals surface area contributed by atoms with E-state index >= 15 is 0 Å². The van der Waals surface area contributed by atoms with Crippen molar-refractivity contribution in [1.29, 1.82) is 0 Å². The van der Waals surface area contributed by atoms with Crippen molar-refractivity contribution in [1.82, 2.24) is 10.2 Å². The number of piperazine rings is 1. The second-order valence-corrected chi connectivity index (χ2v) is 4.57. The van der Waals surface area contributed by atoms with Crippen LogP contribution in [0.1, 0.15) is 19.1 Å². The number of aliphatic carboxylic acids is 1. The minimum atomic E-state index is -0.754. The lowest BCUT2D eigenvalue weighted by molar-refractivity contribution is -0.138. The summed E-state index contributed by atoms with van der Waals surface area (Å²) in [6.07, 6.45) is 1.81. The Balaban J connectivity index is 2.00. The van der Waals surface area contributed by atoms with Gasteiger partial charge >= 0.3 is 5.97 Å². The van der Waals surface area contributed by atoms with Crippen LogP contribution in [0.2, 0.25) is 0 Å². The number of hydrogen-bond donors (Lipinski definition) is 2. The zero-order chi connectivity index (χ0) is 12.3. The molecule has 0 amide bonds. The van der Waals surface area contributed by atoms with Crippen molar-refractivity contribution in [3.63, 3.8) is 0 Å². The highest BCUT2D eigenvalue weighted by Gasteiger charge is 2.27.